The summed E-state index contributed by atoms with van der Waals surface area (Å²) in [6.07, 6.45) is -2.34. The van der Waals surface area contributed by atoms with E-state index in [0.29, 0.717) is 23.4 Å². The van der Waals surface area contributed by atoms with Gasteiger partial charge in [0, 0.05) is 6.07 Å². The van der Waals surface area contributed by atoms with Crippen LogP contribution in [0.15, 0.2) is 18.2 Å². The number of halogens is 4. The van der Waals surface area contributed by atoms with Crippen LogP contribution in [0.2, 0.25) is 0 Å². The van der Waals surface area contributed by atoms with Gasteiger partial charge in [-0.05, 0) is 31.9 Å². The number of hydrogen-bond acceptors (Lipinski definition) is 4. The van der Waals surface area contributed by atoms with E-state index in [9.17, 15) is 17.6 Å². The van der Waals surface area contributed by atoms with Gasteiger partial charge in [0.1, 0.15) is 34.7 Å². The number of rotatable bonds is 4. The van der Waals surface area contributed by atoms with Crippen LogP contribution in [0.5, 0.6) is 5.75 Å². The SMILES string of the molecule is Cc1nc(C2(C(F)(F)F)CCCCC2)sc1COc1ccc(C#N)c(F)c1. The van der Waals surface area contributed by atoms with Crippen molar-refractivity contribution in [2.45, 2.75) is 57.2 Å². The Morgan fingerprint density at radius 1 is 1.26 bits per heavy atom. The van der Waals surface area contributed by atoms with Crippen molar-refractivity contribution >= 4 is 11.3 Å². The van der Waals surface area contributed by atoms with Gasteiger partial charge in [-0.15, -0.1) is 11.3 Å². The first-order valence-corrected chi connectivity index (χ1v) is 9.44. The monoisotopic (exact) mass is 398 g/mol. The molecule has 1 heterocycles. The quantitative estimate of drug-likeness (QED) is 0.611. The van der Waals surface area contributed by atoms with Crippen molar-refractivity contribution in [2.75, 3.05) is 0 Å². The molecule has 1 aromatic carbocycles. The molecular weight excluding hydrogens is 380 g/mol. The molecule has 144 valence electrons. The zero-order valence-electron chi connectivity index (χ0n) is 14.7. The minimum atomic E-state index is -4.34. The van der Waals surface area contributed by atoms with Gasteiger partial charge in [-0.25, -0.2) is 9.37 Å². The Bertz CT molecular complexity index is 864. The van der Waals surface area contributed by atoms with Crippen LogP contribution in [-0.2, 0) is 12.0 Å². The van der Waals surface area contributed by atoms with Gasteiger partial charge in [-0.3, -0.25) is 0 Å². The zero-order valence-corrected chi connectivity index (χ0v) is 15.5. The van der Waals surface area contributed by atoms with E-state index in [1.807, 2.05) is 0 Å². The standard InChI is InChI=1S/C19H18F4N2OS/c1-12-16(11-26-14-6-5-13(10-24)15(20)9-14)27-17(25-12)18(19(21,22)23)7-3-2-4-8-18/h5-6,9H,2-4,7-8,11H2,1H3. The molecule has 27 heavy (non-hydrogen) atoms. The van der Waals surface area contributed by atoms with Gasteiger partial charge in [0.15, 0.2) is 0 Å². The number of nitriles is 1. The summed E-state index contributed by atoms with van der Waals surface area (Å²) in [6.45, 7) is 1.66. The van der Waals surface area contributed by atoms with Crippen LogP contribution >= 0.6 is 11.3 Å². The number of ether oxygens (including phenoxy) is 1. The highest BCUT2D eigenvalue weighted by Crippen LogP contribution is 2.52. The van der Waals surface area contributed by atoms with E-state index in [0.717, 1.165) is 23.8 Å². The van der Waals surface area contributed by atoms with Crippen LogP contribution < -0.4 is 4.74 Å². The number of aryl methyl sites for hydroxylation is 1. The van der Waals surface area contributed by atoms with Gasteiger partial charge in [0.2, 0.25) is 0 Å². The molecule has 1 fully saturated rings. The summed E-state index contributed by atoms with van der Waals surface area (Å²) in [7, 11) is 0. The number of nitrogens with zero attached hydrogens (tertiary/aromatic N) is 2. The second-order valence-corrected chi connectivity index (χ2v) is 7.79. The van der Waals surface area contributed by atoms with Crippen molar-refractivity contribution in [2.24, 2.45) is 0 Å². The summed E-state index contributed by atoms with van der Waals surface area (Å²) in [5.41, 5.74) is -1.47. The van der Waals surface area contributed by atoms with Crippen LogP contribution in [0.25, 0.3) is 0 Å². The van der Waals surface area contributed by atoms with Gasteiger partial charge < -0.3 is 4.74 Å². The van der Waals surface area contributed by atoms with Crippen LogP contribution in [0.1, 0.15) is 53.2 Å². The molecule has 0 spiro atoms. The summed E-state index contributed by atoms with van der Waals surface area (Å²) in [6, 6.07) is 5.57. The summed E-state index contributed by atoms with van der Waals surface area (Å²) in [5.74, 6) is -0.487. The van der Waals surface area contributed by atoms with Gasteiger partial charge in [-0.1, -0.05) is 19.3 Å². The molecule has 0 amide bonds. The Hall–Kier alpha value is -2.14. The number of hydrogen-bond donors (Lipinski definition) is 0. The molecule has 0 radical (unpaired) electrons. The maximum atomic E-state index is 13.9. The average molecular weight is 398 g/mol. The van der Waals surface area contributed by atoms with Crippen molar-refractivity contribution in [3.8, 4) is 11.8 Å². The van der Waals surface area contributed by atoms with E-state index >= 15 is 0 Å². The van der Waals surface area contributed by atoms with Crippen molar-refractivity contribution in [3.05, 3.63) is 45.2 Å². The third-order valence-electron chi connectivity index (χ3n) is 4.98. The van der Waals surface area contributed by atoms with E-state index < -0.39 is 17.4 Å². The van der Waals surface area contributed by atoms with E-state index in [4.69, 9.17) is 10.00 Å². The van der Waals surface area contributed by atoms with Gasteiger partial charge in [0.25, 0.3) is 0 Å². The van der Waals surface area contributed by atoms with Crippen LogP contribution in [-0.4, -0.2) is 11.2 Å². The Balaban J connectivity index is 1.82. The second kappa shape index (κ2) is 7.47. The Morgan fingerprint density at radius 2 is 1.96 bits per heavy atom. The van der Waals surface area contributed by atoms with Crippen molar-refractivity contribution in [1.82, 2.24) is 4.98 Å². The number of aromatic nitrogens is 1. The van der Waals surface area contributed by atoms with E-state index in [1.165, 1.54) is 12.1 Å². The smallest absolute Gasteiger partial charge is 0.400 e. The van der Waals surface area contributed by atoms with Crippen LogP contribution in [0.3, 0.4) is 0 Å². The van der Waals surface area contributed by atoms with E-state index in [-0.39, 0.29) is 35.8 Å². The molecule has 1 aromatic heterocycles. The molecule has 1 aliphatic carbocycles. The van der Waals surface area contributed by atoms with Crippen LogP contribution in [0.4, 0.5) is 17.6 Å². The maximum absolute atomic E-state index is 13.9. The van der Waals surface area contributed by atoms with E-state index in [1.54, 1.807) is 13.0 Å². The number of alkyl halides is 3. The van der Waals surface area contributed by atoms with Crippen molar-refractivity contribution < 1.29 is 22.3 Å². The first-order valence-electron chi connectivity index (χ1n) is 8.63. The number of benzene rings is 1. The largest absolute Gasteiger partial charge is 0.488 e. The highest BCUT2D eigenvalue weighted by molar-refractivity contribution is 7.11. The lowest BCUT2D eigenvalue weighted by molar-refractivity contribution is -0.199. The molecule has 1 saturated carbocycles. The molecule has 0 N–H and O–H groups in total. The molecule has 8 heteroatoms. The first-order chi connectivity index (χ1) is 12.8. The highest BCUT2D eigenvalue weighted by Gasteiger charge is 2.57. The molecule has 1 aliphatic rings. The molecule has 0 unspecified atom stereocenters. The molecule has 0 aliphatic heterocycles. The molecule has 0 atom stereocenters. The Labute approximate surface area is 158 Å². The minimum absolute atomic E-state index is 0.00276. The lowest BCUT2D eigenvalue weighted by Gasteiger charge is -2.37. The van der Waals surface area contributed by atoms with Crippen LogP contribution in [0, 0.1) is 24.1 Å². The molecule has 3 nitrogen and oxygen atoms in total. The fourth-order valence-corrected chi connectivity index (χ4v) is 4.61. The molecule has 0 bridgehead atoms. The normalized spacial score (nSPS) is 16.7. The topological polar surface area (TPSA) is 45.9 Å². The highest BCUT2D eigenvalue weighted by atomic mass is 32.1. The Kier molecular flexibility index (Phi) is 5.43. The summed E-state index contributed by atoms with van der Waals surface area (Å²) in [5, 5.41) is 8.84. The van der Waals surface area contributed by atoms with Crippen molar-refractivity contribution in [3.63, 3.8) is 0 Å². The second-order valence-electron chi connectivity index (χ2n) is 6.71. The van der Waals surface area contributed by atoms with E-state index in [2.05, 4.69) is 4.98 Å². The summed E-state index contributed by atoms with van der Waals surface area (Å²) < 4.78 is 60.7. The van der Waals surface area contributed by atoms with Gasteiger partial charge in [-0.2, -0.15) is 18.4 Å². The minimum Gasteiger partial charge on any atom is -0.488 e. The summed E-state index contributed by atoms with van der Waals surface area (Å²) >= 11 is 1.02. The predicted octanol–water partition coefficient (Wildman–Crippen LogP) is 5.81. The Morgan fingerprint density at radius 3 is 2.56 bits per heavy atom. The number of thiazole rings is 1. The zero-order chi connectivity index (χ0) is 19.7. The van der Waals surface area contributed by atoms with Crippen molar-refractivity contribution in [1.29, 1.82) is 5.26 Å². The predicted molar refractivity (Wildman–Crippen MR) is 93.1 cm³/mol. The average Bonchev–Trinajstić information content (AvgIpc) is 3.01. The molecular formula is C19H18F4N2OS. The lowest BCUT2D eigenvalue weighted by Crippen LogP contribution is -2.43. The third kappa shape index (κ3) is 3.79. The molecule has 0 saturated heterocycles. The lowest BCUT2D eigenvalue weighted by atomic mass is 9.74. The fraction of sp³-hybridized carbons (Fsp3) is 0.474. The molecule has 2 aromatic rings. The van der Waals surface area contributed by atoms with Gasteiger partial charge >= 0.3 is 6.18 Å². The van der Waals surface area contributed by atoms with Gasteiger partial charge in [0.05, 0.1) is 16.1 Å². The maximum Gasteiger partial charge on any atom is 0.400 e. The molecule has 3 rings (SSSR count). The third-order valence-corrected chi connectivity index (χ3v) is 6.32. The summed E-state index contributed by atoms with van der Waals surface area (Å²) in [4.78, 5) is 4.82. The first kappa shape index (κ1) is 19.6. The fourth-order valence-electron chi connectivity index (χ4n) is 3.37.